The molecule has 4 aromatic rings. The van der Waals surface area contributed by atoms with Crippen molar-refractivity contribution in [3.05, 3.63) is 84.2 Å². The number of fused-ring (bicyclic) bond motifs is 1. The van der Waals surface area contributed by atoms with Gasteiger partial charge in [-0.3, -0.25) is 9.59 Å². The minimum atomic E-state index is -0.0682. The Morgan fingerprint density at radius 1 is 0.848 bits per heavy atom. The predicted molar refractivity (Wildman–Crippen MR) is 121 cm³/mol. The number of anilines is 1. The molecule has 0 spiro atoms. The highest BCUT2D eigenvalue weighted by molar-refractivity contribution is 6.08. The van der Waals surface area contributed by atoms with Crippen molar-refractivity contribution < 1.29 is 14.3 Å². The molecule has 166 valence electrons. The van der Waals surface area contributed by atoms with Gasteiger partial charge >= 0.3 is 0 Å². The normalized spacial score (nSPS) is 13.8. The van der Waals surface area contributed by atoms with Crippen LogP contribution in [0.1, 0.15) is 15.9 Å². The van der Waals surface area contributed by atoms with Crippen LogP contribution >= 0.6 is 0 Å². The van der Waals surface area contributed by atoms with Crippen molar-refractivity contribution >= 4 is 23.2 Å². The molecule has 0 bridgehead atoms. The van der Waals surface area contributed by atoms with Crippen molar-refractivity contribution in [2.45, 2.75) is 0 Å². The van der Waals surface area contributed by atoms with Crippen molar-refractivity contribution in [3.63, 3.8) is 0 Å². The maximum absolute atomic E-state index is 12.6. The smallest absolute Gasteiger partial charge is 0.260 e. The number of carbonyl (C=O) groups is 2. The Hall–Kier alpha value is -4.27. The van der Waals surface area contributed by atoms with E-state index >= 15 is 0 Å². The van der Waals surface area contributed by atoms with Crippen LogP contribution in [-0.4, -0.2) is 69.2 Å². The second kappa shape index (κ2) is 9.07. The molecule has 33 heavy (non-hydrogen) atoms. The highest BCUT2D eigenvalue weighted by Gasteiger charge is 2.22. The summed E-state index contributed by atoms with van der Waals surface area (Å²) in [6, 6.07) is 19.8. The van der Waals surface area contributed by atoms with Crippen molar-refractivity contribution in [1.82, 2.24) is 24.7 Å². The Morgan fingerprint density at radius 2 is 1.58 bits per heavy atom. The molecule has 0 N–H and O–H groups in total. The zero-order valence-corrected chi connectivity index (χ0v) is 17.9. The van der Waals surface area contributed by atoms with E-state index in [4.69, 9.17) is 4.74 Å². The molecule has 2 aromatic carbocycles. The predicted octanol–water partition coefficient (Wildman–Crippen LogP) is 2.08. The second-order valence-electron chi connectivity index (χ2n) is 7.70. The molecule has 0 atom stereocenters. The zero-order valence-electron chi connectivity index (χ0n) is 17.9. The Bertz CT molecular complexity index is 1260. The van der Waals surface area contributed by atoms with Crippen LogP contribution in [0, 0.1) is 0 Å². The molecule has 0 radical (unpaired) electrons. The van der Waals surface area contributed by atoms with E-state index in [1.54, 1.807) is 52.1 Å². The molecule has 5 rings (SSSR count). The Morgan fingerprint density at radius 3 is 2.33 bits per heavy atom. The van der Waals surface area contributed by atoms with E-state index in [1.807, 2.05) is 30.3 Å². The van der Waals surface area contributed by atoms with Crippen LogP contribution in [0.3, 0.4) is 0 Å². The van der Waals surface area contributed by atoms with Gasteiger partial charge < -0.3 is 14.5 Å². The molecular weight excluding hydrogens is 420 g/mol. The summed E-state index contributed by atoms with van der Waals surface area (Å²) in [5.41, 5.74) is 1.91. The van der Waals surface area contributed by atoms with Gasteiger partial charge in [0.1, 0.15) is 17.9 Å². The molecular formula is C24H22N6O3. The third-order valence-electron chi connectivity index (χ3n) is 5.62. The summed E-state index contributed by atoms with van der Waals surface area (Å²) in [6.07, 6.45) is 1.57. The minimum absolute atomic E-state index is 0.0447. The average Bonchev–Trinajstić information content (AvgIpc) is 3.36. The molecule has 1 amide bonds. The molecule has 0 unspecified atom stereocenters. The molecule has 3 heterocycles. The summed E-state index contributed by atoms with van der Waals surface area (Å²) in [6.45, 7) is 2.51. The van der Waals surface area contributed by atoms with Gasteiger partial charge in [0.15, 0.2) is 18.0 Å². The number of ether oxygens (including phenoxy) is 1. The van der Waals surface area contributed by atoms with Gasteiger partial charge in [0.05, 0.1) is 0 Å². The summed E-state index contributed by atoms with van der Waals surface area (Å²) < 4.78 is 7.30. The molecule has 1 saturated heterocycles. The first-order chi connectivity index (χ1) is 16.2. The number of benzene rings is 2. The summed E-state index contributed by atoms with van der Waals surface area (Å²) in [4.78, 5) is 29.0. The Labute approximate surface area is 190 Å². The van der Waals surface area contributed by atoms with E-state index in [1.165, 1.54) is 0 Å². The van der Waals surface area contributed by atoms with Crippen LogP contribution in [0.25, 0.3) is 5.65 Å². The Balaban J connectivity index is 1.12. The van der Waals surface area contributed by atoms with Gasteiger partial charge in [-0.2, -0.15) is 4.52 Å². The summed E-state index contributed by atoms with van der Waals surface area (Å²) in [7, 11) is 0. The average molecular weight is 442 g/mol. The number of ketones is 1. The fraction of sp³-hybridized carbons (Fsp3) is 0.208. The molecule has 0 saturated carbocycles. The molecule has 1 fully saturated rings. The summed E-state index contributed by atoms with van der Waals surface area (Å²) in [5, 5.41) is 12.3. The zero-order chi connectivity index (χ0) is 22.6. The van der Waals surface area contributed by atoms with E-state index in [0.717, 1.165) is 5.82 Å². The maximum Gasteiger partial charge on any atom is 0.260 e. The standard InChI is InChI=1S/C24H22N6O3/c31-23(16-33-20-8-6-19(7-9-20)24(32)18-4-2-1-3-5-18)29-14-12-28(13-15-29)22-11-10-21-26-25-17-30(21)27-22/h1-11,17H,12-16H2. The SMILES string of the molecule is O=C(c1ccccc1)c1ccc(OCC(=O)N2CCN(c3ccc4nncn4n3)CC2)cc1. The van der Waals surface area contributed by atoms with Gasteiger partial charge in [0.2, 0.25) is 0 Å². The van der Waals surface area contributed by atoms with E-state index in [9.17, 15) is 9.59 Å². The molecule has 2 aromatic heterocycles. The van der Waals surface area contributed by atoms with E-state index in [-0.39, 0.29) is 18.3 Å². The lowest BCUT2D eigenvalue weighted by atomic mass is 10.0. The fourth-order valence-electron chi connectivity index (χ4n) is 3.77. The first-order valence-corrected chi connectivity index (χ1v) is 10.7. The van der Waals surface area contributed by atoms with Crippen molar-refractivity contribution in [2.24, 2.45) is 0 Å². The molecule has 0 aliphatic carbocycles. The maximum atomic E-state index is 12.6. The molecule has 1 aliphatic rings. The van der Waals surface area contributed by atoms with E-state index in [2.05, 4.69) is 20.2 Å². The van der Waals surface area contributed by atoms with E-state index < -0.39 is 0 Å². The van der Waals surface area contributed by atoms with Crippen LogP contribution in [0.15, 0.2) is 73.1 Å². The number of piperazine rings is 1. The second-order valence-corrected chi connectivity index (χ2v) is 7.70. The van der Waals surface area contributed by atoms with Crippen LogP contribution in [0.2, 0.25) is 0 Å². The molecule has 1 aliphatic heterocycles. The first kappa shape index (κ1) is 20.6. The number of rotatable bonds is 6. The number of hydrogen-bond acceptors (Lipinski definition) is 7. The van der Waals surface area contributed by atoms with E-state index in [0.29, 0.717) is 48.7 Å². The van der Waals surface area contributed by atoms with Crippen molar-refractivity contribution in [3.8, 4) is 5.75 Å². The number of hydrogen-bond donors (Lipinski definition) is 0. The van der Waals surface area contributed by atoms with Gasteiger partial charge in [-0.15, -0.1) is 15.3 Å². The number of amides is 1. The third-order valence-corrected chi connectivity index (χ3v) is 5.62. The van der Waals surface area contributed by atoms with Crippen LogP contribution in [0.5, 0.6) is 5.75 Å². The topological polar surface area (TPSA) is 92.9 Å². The third kappa shape index (κ3) is 4.52. The highest BCUT2D eigenvalue weighted by atomic mass is 16.5. The summed E-state index contributed by atoms with van der Waals surface area (Å²) >= 11 is 0. The fourth-order valence-corrected chi connectivity index (χ4v) is 3.77. The quantitative estimate of drug-likeness (QED) is 0.422. The van der Waals surface area contributed by atoms with Gasteiger partial charge in [-0.1, -0.05) is 30.3 Å². The Kier molecular flexibility index (Phi) is 5.67. The highest BCUT2D eigenvalue weighted by Crippen LogP contribution is 2.17. The summed E-state index contributed by atoms with van der Waals surface area (Å²) in [5.74, 6) is 1.27. The monoisotopic (exact) mass is 442 g/mol. The van der Waals surface area contributed by atoms with Crippen LogP contribution in [-0.2, 0) is 4.79 Å². The number of aromatic nitrogens is 4. The van der Waals surface area contributed by atoms with Gasteiger partial charge in [-0.05, 0) is 36.4 Å². The lowest BCUT2D eigenvalue weighted by Crippen LogP contribution is -2.50. The van der Waals surface area contributed by atoms with Gasteiger partial charge in [-0.25, -0.2) is 0 Å². The molecule has 9 heteroatoms. The van der Waals surface area contributed by atoms with Crippen LogP contribution in [0.4, 0.5) is 5.82 Å². The van der Waals surface area contributed by atoms with Crippen LogP contribution < -0.4 is 9.64 Å². The number of nitrogens with zero attached hydrogens (tertiary/aromatic N) is 6. The lowest BCUT2D eigenvalue weighted by molar-refractivity contribution is -0.133. The number of carbonyl (C=O) groups excluding carboxylic acids is 2. The lowest BCUT2D eigenvalue weighted by Gasteiger charge is -2.35. The minimum Gasteiger partial charge on any atom is -0.484 e. The van der Waals surface area contributed by atoms with Gasteiger partial charge in [0, 0.05) is 37.3 Å². The van der Waals surface area contributed by atoms with Crippen molar-refractivity contribution in [2.75, 3.05) is 37.7 Å². The van der Waals surface area contributed by atoms with Crippen molar-refractivity contribution in [1.29, 1.82) is 0 Å². The largest absolute Gasteiger partial charge is 0.484 e. The van der Waals surface area contributed by atoms with Gasteiger partial charge in [0.25, 0.3) is 5.91 Å². The first-order valence-electron chi connectivity index (χ1n) is 10.7. The molecule has 9 nitrogen and oxygen atoms in total.